The zero-order chi connectivity index (χ0) is 9.84. The van der Waals surface area contributed by atoms with Crippen molar-refractivity contribution < 1.29 is 4.79 Å². The summed E-state index contributed by atoms with van der Waals surface area (Å²) >= 11 is 9.78. The molecule has 1 aromatic carbocycles. The summed E-state index contributed by atoms with van der Waals surface area (Å²) in [6.07, 6.45) is 0. The summed E-state index contributed by atoms with van der Waals surface area (Å²) in [4.78, 5) is 11.9. The number of hydrogen-bond donors (Lipinski definition) is 2. The Labute approximate surface area is 87.7 Å². The minimum Gasteiger partial charge on any atom is -0.324 e. The lowest BCUT2D eigenvalue weighted by Crippen LogP contribution is -2.20. The third kappa shape index (κ3) is 2.94. The summed E-state index contributed by atoms with van der Waals surface area (Å²) < 4.78 is 0. The Morgan fingerprint density at radius 3 is 2.69 bits per heavy atom. The van der Waals surface area contributed by atoms with E-state index in [-0.39, 0.29) is 5.91 Å². The van der Waals surface area contributed by atoms with Crippen molar-refractivity contribution in [1.82, 2.24) is 0 Å². The molecule has 2 nitrogen and oxygen atoms in total. The number of halogens is 1. The van der Waals surface area contributed by atoms with Crippen LogP contribution in [0.5, 0.6) is 0 Å². The zero-order valence-electron chi connectivity index (χ0n) is 7.12. The quantitative estimate of drug-likeness (QED) is 0.576. The monoisotopic (exact) mass is 215 g/mol. The summed E-state index contributed by atoms with van der Waals surface area (Å²) in [5, 5.41) is 2.13. The molecule has 1 N–H and O–H groups in total. The molecule has 0 aliphatic heterocycles. The van der Waals surface area contributed by atoms with E-state index in [0.29, 0.717) is 5.69 Å². The number of thiol groups is 1. The molecular weight excluding hydrogens is 206 g/mol. The Hall–Kier alpha value is -0.670. The van der Waals surface area contributed by atoms with Crippen LogP contribution in [0.1, 0.15) is 6.92 Å². The lowest BCUT2D eigenvalue weighted by Gasteiger charge is -2.07. The number of hydrogen-bond acceptors (Lipinski definition) is 2. The molecule has 0 saturated heterocycles. The van der Waals surface area contributed by atoms with Crippen molar-refractivity contribution in [3.8, 4) is 0 Å². The van der Waals surface area contributed by atoms with E-state index in [4.69, 9.17) is 11.6 Å². The Morgan fingerprint density at radius 1 is 1.54 bits per heavy atom. The van der Waals surface area contributed by atoms with E-state index in [1.54, 1.807) is 19.1 Å². The van der Waals surface area contributed by atoms with Gasteiger partial charge >= 0.3 is 0 Å². The van der Waals surface area contributed by atoms with Crippen LogP contribution in [-0.2, 0) is 4.79 Å². The third-order valence-corrected chi connectivity index (χ3v) is 2.11. The second-order valence-electron chi connectivity index (χ2n) is 2.62. The summed E-state index contributed by atoms with van der Waals surface area (Å²) in [7, 11) is 0. The Balaban J connectivity index is 2.75. The molecule has 13 heavy (non-hydrogen) atoms. The summed E-state index contributed by atoms with van der Waals surface area (Å²) in [5.41, 5.74) is 0.684. The lowest BCUT2D eigenvalue weighted by molar-refractivity contribution is -0.115. The number of alkyl halides is 1. The van der Waals surface area contributed by atoms with Gasteiger partial charge in [-0.3, -0.25) is 4.79 Å². The molecule has 0 heterocycles. The van der Waals surface area contributed by atoms with E-state index in [2.05, 4.69) is 17.9 Å². The van der Waals surface area contributed by atoms with Crippen LogP contribution in [0.3, 0.4) is 0 Å². The largest absolute Gasteiger partial charge is 0.324 e. The molecule has 0 aliphatic carbocycles. The number of rotatable bonds is 2. The van der Waals surface area contributed by atoms with Crippen molar-refractivity contribution >= 4 is 35.8 Å². The van der Waals surface area contributed by atoms with Crippen LogP contribution in [0.15, 0.2) is 29.2 Å². The van der Waals surface area contributed by atoms with Crippen LogP contribution in [0.25, 0.3) is 0 Å². The van der Waals surface area contributed by atoms with Gasteiger partial charge in [0.1, 0.15) is 5.38 Å². The smallest absolute Gasteiger partial charge is 0.242 e. The SMILES string of the molecule is CC(Cl)C(=O)Nc1ccccc1S. The van der Waals surface area contributed by atoms with Gasteiger partial charge in [0, 0.05) is 4.90 Å². The van der Waals surface area contributed by atoms with E-state index in [9.17, 15) is 4.79 Å². The van der Waals surface area contributed by atoms with Gasteiger partial charge in [0.25, 0.3) is 0 Å². The summed E-state index contributed by atoms with van der Waals surface area (Å²) in [6.45, 7) is 1.62. The molecule has 1 unspecified atom stereocenters. The molecule has 70 valence electrons. The number of benzene rings is 1. The molecule has 1 atom stereocenters. The number of amides is 1. The molecule has 0 saturated carbocycles. The van der Waals surface area contributed by atoms with E-state index in [1.807, 2.05) is 12.1 Å². The second kappa shape index (κ2) is 4.53. The Bertz CT molecular complexity index is 314. The molecular formula is C9H10ClNOS. The predicted molar refractivity (Wildman–Crippen MR) is 57.6 cm³/mol. The van der Waals surface area contributed by atoms with Gasteiger partial charge in [-0.15, -0.1) is 24.2 Å². The molecule has 0 bridgehead atoms. The van der Waals surface area contributed by atoms with Crippen molar-refractivity contribution in [3.05, 3.63) is 24.3 Å². The topological polar surface area (TPSA) is 29.1 Å². The van der Waals surface area contributed by atoms with E-state index in [1.165, 1.54) is 0 Å². The maximum atomic E-state index is 11.2. The Kier molecular flexibility index (Phi) is 3.63. The average molecular weight is 216 g/mol. The maximum Gasteiger partial charge on any atom is 0.242 e. The maximum absolute atomic E-state index is 11.2. The van der Waals surface area contributed by atoms with Crippen LogP contribution in [0.2, 0.25) is 0 Å². The van der Waals surface area contributed by atoms with Gasteiger partial charge < -0.3 is 5.32 Å². The number of para-hydroxylation sites is 1. The van der Waals surface area contributed by atoms with E-state index in [0.717, 1.165) is 4.90 Å². The lowest BCUT2D eigenvalue weighted by atomic mass is 10.3. The van der Waals surface area contributed by atoms with Crippen molar-refractivity contribution in [1.29, 1.82) is 0 Å². The highest BCUT2D eigenvalue weighted by Gasteiger charge is 2.09. The Morgan fingerprint density at radius 2 is 2.15 bits per heavy atom. The molecule has 0 fully saturated rings. The minimum absolute atomic E-state index is 0.219. The molecule has 1 aromatic rings. The second-order valence-corrected chi connectivity index (χ2v) is 3.76. The number of carbonyl (C=O) groups excluding carboxylic acids is 1. The minimum atomic E-state index is -0.534. The molecule has 0 spiro atoms. The third-order valence-electron chi connectivity index (χ3n) is 1.52. The first-order valence-electron chi connectivity index (χ1n) is 3.84. The van der Waals surface area contributed by atoms with Gasteiger partial charge in [-0.1, -0.05) is 12.1 Å². The molecule has 1 amide bonds. The van der Waals surface area contributed by atoms with Crippen molar-refractivity contribution in [2.75, 3.05) is 5.32 Å². The first kappa shape index (κ1) is 10.4. The fraction of sp³-hybridized carbons (Fsp3) is 0.222. The number of carbonyl (C=O) groups is 1. The van der Waals surface area contributed by atoms with Gasteiger partial charge in [0.2, 0.25) is 5.91 Å². The van der Waals surface area contributed by atoms with Crippen molar-refractivity contribution in [2.24, 2.45) is 0 Å². The molecule has 0 aromatic heterocycles. The normalized spacial score (nSPS) is 12.2. The number of nitrogens with one attached hydrogen (secondary N) is 1. The first-order chi connectivity index (χ1) is 6.11. The van der Waals surface area contributed by atoms with E-state index < -0.39 is 5.38 Å². The molecule has 1 rings (SSSR count). The highest BCUT2D eigenvalue weighted by Crippen LogP contribution is 2.18. The fourth-order valence-electron chi connectivity index (χ4n) is 0.812. The highest BCUT2D eigenvalue weighted by molar-refractivity contribution is 7.80. The van der Waals surface area contributed by atoms with Crippen LogP contribution in [0, 0.1) is 0 Å². The summed E-state index contributed by atoms with van der Waals surface area (Å²) in [6, 6.07) is 7.26. The van der Waals surface area contributed by atoms with Crippen LogP contribution in [-0.4, -0.2) is 11.3 Å². The van der Waals surface area contributed by atoms with Crippen LogP contribution in [0.4, 0.5) is 5.69 Å². The van der Waals surface area contributed by atoms with Gasteiger partial charge in [-0.25, -0.2) is 0 Å². The molecule has 4 heteroatoms. The number of anilines is 1. The van der Waals surface area contributed by atoms with Crippen LogP contribution < -0.4 is 5.32 Å². The highest BCUT2D eigenvalue weighted by atomic mass is 35.5. The molecule has 0 aliphatic rings. The average Bonchev–Trinajstić information content (AvgIpc) is 2.08. The fourth-order valence-corrected chi connectivity index (χ4v) is 1.08. The molecule has 0 radical (unpaired) electrons. The summed E-state index contributed by atoms with van der Waals surface area (Å²) in [5.74, 6) is -0.219. The van der Waals surface area contributed by atoms with Gasteiger partial charge in [-0.05, 0) is 19.1 Å². The standard InChI is InChI=1S/C9H10ClNOS/c1-6(10)9(12)11-7-4-2-3-5-8(7)13/h2-6,13H,1H3,(H,11,12). The van der Waals surface area contributed by atoms with Gasteiger partial charge in [0.15, 0.2) is 0 Å². The zero-order valence-corrected chi connectivity index (χ0v) is 8.77. The van der Waals surface area contributed by atoms with Gasteiger partial charge in [0.05, 0.1) is 5.69 Å². The van der Waals surface area contributed by atoms with E-state index >= 15 is 0 Å². The van der Waals surface area contributed by atoms with Crippen molar-refractivity contribution in [3.63, 3.8) is 0 Å². The predicted octanol–water partition coefficient (Wildman–Crippen LogP) is 2.54. The van der Waals surface area contributed by atoms with Gasteiger partial charge in [-0.2, -0.15) is 0 Å². The van der Waals surface area contributed by atoms with Crippen molar-refractivity contribution in [2.45, 2.75) is 17.2 Å². The van der Waals surface area contributed by atoms with Crippen LogP contribution >= 0.6 is 24.2 Å². The first-order valence-corrected chi connectivity index (χ1v) is 4.72.